The van der Waals surface area contributed by atoms with Crippen molar-refractivity contribution in [3.05, 3.63) is 57.6 Å². The fourth-order valence-corrected chi connectivity index (χ4v) is 3.81. The fraction of sp³-hybridized carbons (Fsp3) is 0.458. The molecule has 1 heterocycles. The molecule has 0 spiro atoms. The highest BCUT2D eigenvalue weighted by Crippen LogP contribution is 2.31. The van der Waals surface area contributed by atoms with Gasteiger partial charge in [-0.15, -0.1) is 0 Å². The topological polar surface area (TPSA) is 88.0 Å². The van der Waals surface area contributed by atoms with E-state index in [4.69, 9.17) is 4.74 Å². The molecule has 2 aromatic rings. The molecule has 1 amide bonds. The Balaban J connectivity index is 1.73. The van der Waals surface area contributed by atoms with Gasteiger partial charge >= 0.3 is 0 Å². The average Bonchev–Trinajstić information content (AvgIpc) is 2.76. The summed E-state index contributed by atoms with van der Waals surface area (Å²) in [6.07, 6.45) is 0. The molecule has 2 aromatic carbocycles. The van der Waals surface area contributed by atoms with Gasteiger partial charge < -0.3 is 19.9 Å². The maximum atomic E-state index is 13.1. The molecule has 0 atom stereocenters. The standard InChI is InChI=1S/C24H32N4O4/c1-17-7-6-8-19(22(17)32-5)23(29)27-13-11-26(12-14-27)18-9-10-21(28(30)31)20(15-18)25-16-24(2,3)4/h6-10,15,25H,11-14,16H2,1-5H3. The predicted molar refractivity (Wildman–Crippen MR) is 127 cm³/mol. The molecule has 8 heteroatoms. The Morgan fingerprint density at radius 1 is 1.16 bits per heavy atom. The van der Waals surface area contributed by atoms with E-state index in [1.165, 1.54) is 0 Å². The van der Waals surface area contributed by atoms with Gasteiger partial charge in [0.15, 0.2) is 0 Å². The molecule has 32 heavy (non-hydrogen) atoms. The van der Waals surface area contributed by atoms with Crippen LogP contribution in [0.25, 0.3) is 0 Å². The summed E-state index contributed by atoms with van der Waals surface area (Å²) in [6.45, 7) is 11.2. The van der Waals surface area contributed by atoms with Crippen LogP contribution in [0.3, 0.4) is 0 Å². The summed E-state index contributed by atoms with van der Waals surface area (Å²) < 4.78 is 5.45. The molecule has 0 saturated carbocycles. The van der Waals surface area contributed by atoms with Gasteiger partial charge in [-0.1, -0.05) is 32.9 Å². The number of nitro benzene ring substituents is 1. The number of para-hydroxylation sites is 1. The number of methoxy groups -OCH3 is 1. The van der Waals surface area contributed by atoms with Crippen LogP contribution in [0.1, 0.15) is 36.7 Å². The van der Waals surface area contributed by atoms with E-state index in [0.717, 1.165) is 11.3 Å². The molecule has 1 N–H and O–H groups in total. The minimum atomic E-state index is -0.361. The van der Waals surface area contributed by atoms with E-state index in [1.54, 1.807) is 25.3 Å². The monoisotopic (exact) mass is 440 g/mol. The van der Waals surface area contributed by atoms with Crippen LogP contribution < -0.4 is 15.0 Å². The molecule has 1 saturated heterocycles. The van der Waals surface area contributed by atoms with Crippen molar-refractivity contribution in [3.63, 3.8) is 0 Å². The van der Waals surface area contributed by atoms with E-state index in [9.17, 15) is 14.9 Å². The molecule has 8 nitrogen and oxygen atoms in total. The largest absolute Gasteiger partial charge is 0.496 e. The van der Waals surface area contributed by atoms with Gasteiger partial charge in [-0.25, -0.2) is 0 Å². The second-order valence-corrected chi connectivity index (χ2v) is 9.31. The van der Waals surface area contributed by atoms with Crippen LogP contribution >= 0.6 is 0 Å². The van der Waals surface area contributed by atoms with Crippen molar-refractivity contribution in [3.8, 4) is 5.75 Å². The summed E-state index contributed by atoms with van der Waals surface area (Å²) in [5.74, 6) is 0.575. The van der Waals surface area contributed by atoms with Crippen molar-refractivity contribution >= 4 is 23.0 Å². The Kier molecular flexibility index (Phi) is 6.91. The number of anilines is 2. The molecule has 0 aliphatic carbocycles. The molecule has 1 aliphatic rings. The Morgan fingerprint density at radius 2 is 1.84 bits per heavy atom. The summed E-state index contributed by atoms with van der Waals surface area (Å²) >= 11 is 0. The maximum Gasteiger partial charge on any atom is 0.292 e. The molecular formula is C24H32N4O4. The number of amides is 1. The SMILES string of the molecule is COc1c(C)cccc1C(=O)N1CCN(c2ccc([N+](=O)[O-])c(NCC(C)(C)C)c2)CC1. The lowest BCUT2D eigenvalue weighted by atomic mass is 9.97. The van der Waals surface area contributed by atoms with Gasteiger partial charge in [0.05, 0.1) is 17.6 Å². The van der Waals surface area contributed by atoms with E-state index in [2.05, 4.69) is 31.0 Å². The number of nitro groups is 1. The zero-order valence-corrected chi connectivity index (χ0v) is 19.5. The molecule has 3 rings (SSSR count). The first-order valence-corrected chi connectivity index (χ1v) is 10.8. The number of nitrogens with zero attached hydrogens (tertiary/aromatic N) is 3. The number of nitrogens with one attached hydrogen (secondary N) is 1. The van der Waals surface area contributed by atoms with Crippen molar-refractivity contribution in [2.45, 2.75) is 27.7 Å². The van der Waals surface area contributed by atoms with Gasteiger partial charge in [-0.2, -0.15) is 0 Å². The normalized spacial score (nSPS) is 14.3. The molecule has 0 aromatic heterocycles. The highest BCUT2D eigenvalue weighted by molar-refractivity contribution is 5.97. The summed E-state index contributed by atoms with van der Waals surface area (Å²) in [5.41, 5.74) is 2.99. The van der Waals surface area contributed by atoms with Crippen LogP contribution in [0.4, 0.5) is 17.1 Å². The smallest absolute Gasteiger partial charge is 0.292 e. The first-order chi connectivity index (χ1) is 15.1. The van der Waals surface area contributed by atoms with E-state index >= 15 is 0 Å². The first kappa shape index (κ1) is 23.4. The third-order valence-electron chi connectivity index (χ3n) is 5.56. The van der Waals surface area contributed by atoms with Gasteiger partial charge in [0.2, 0.25) is 0 Å². The van der Waals surface area contributed by atoms with Crippen LogP contribution in [-0.4, -0.2) is 55.6 Å². The van der Waals surface area contributed by atoms with Gasteiger partial charge in [-0.3, -0.25) is 14.9 Å². The molecule has 1 fully saturated rings. The minimum absolute atomic E-state index is 0.00723. The number of hydrogen-bond acceptors (Lipinski definition) is 6. The van der Waals surface area contributed by atoms with Gasteiger partial charge in [0.1, 0.15) is 11.4 Å². The third-order valence-corrected chi connectivity index (χ3v) is 5.56. The molecule has 0 radical (unpaired) electrons. The quantitative estimate of drug-likeness (QED) is 0.531. The van der Waals surface area contributed by atoms with E-state index in [0.29, 0.717) is 49.7 Å². The van der Waals surface area contributed by atoms with Crippen molar-refractivity contribution < 1.29 is 14.5 Å². The molecule has 172 valence electrons. The number of hydrogen-bond donors (Lipinski definition) is 1. The lowest BCUT2D eigenvalue weighted by molar-refractivity contribution is -0.384. The second kappa shape index (κ2) is 9.46. The fourth-order valence-electron chi connectivity index (χ4n) is 3.81. The van der Waals surface area contributed by atoms with E-state index < -0.39 is 0 Å². The first-order valence-electron chi connectivity index (χ1n) is 10.8. The Labute approximate surface area is 189 Å². The van der Waals surface area contributed by atoms with Crippen molar-refractivity contribution in [2.24, 2.45) is 5.41 Å². The summed E-state index contributed by atoms with van der Waals surface area (Å²) in [4.78, 5) is 28.2. The number of piperazine rings is 1. The van der Waals surface area contributed by atoms with Gasteiger partial charge in [0.25, 0.3) is 11.6 Å². The number of aryl methyl sites for hydroxylation is 1. The minimum Gasteiger partial charge on any atom is -0.496 e. The zero-order valence-electron chi connectivity index (χ0n) is 19.5. The molecule has 0 unspecified atom stereocenters. The lowest BCUT2D eigenvalue weighted by Crippen LogP contribution is -2.48. The Bertz CT molecular complexity index is 992. The Hall–Kier alpha value is -3.29. The molecular weight excluding hydrogens is 408 g/mol. The van der Waals surface area contributed by atoms with Crippen LogP contribution in [0.2, 0.25) is 0 Å². The zero-order chi connectivity index (χ0) is 23.5. The van der Waals surface area contributed by atoms with Crippen molar-refractivity contribution in [1.29, 1.82) is 0 Å². The summed E-state index contributed by atoms with van der Waals surface area (Å²) in [7, 11) is 1.58. The number of carbonyl (C=O) groups excluding carboxylic acids is 1. The number of carbonyl (C=O) groups is 1. The number of rotatable bonds is 6. The van der Waals surface area contributed by atoms with Crippen LogP contribution in [0.15, 0.2) is 36.4 Å². The summed E-state index contributed by atoms with van der Waals surface area (Å²) in [5, 5.41) is 14.7. The highest BCUT2D eigenvalue weighted by atomic mass is 16.6. The summed E-state index contributed by atoms with van der Waals surface area (Å²) in [6, 6.07) is 10.8. The van der Waals surface area contributed by atoms with Crippen LogP contribution in [-0.2, 0) is 0 Å². The van der Waals surface area contributed by atoms with Crippen molar-refractivity contribution in [2.75, 3.05) is 50.1 Å². The maximum absolute atomic E-state index is 13.1. The van der Waals surface area contributed by atoms with E-state index in [-0.39, 0.29) is 21.9 Å². The van der Waals surface area contributed by atoms with Crippen LogP contribution in [0.5, 0.6) is 5.75 Å². The van der Waals surface area contributed by atoms with Gasteiger partial charge in [-0.05, 0) is 36.1 Å². The Morgan fingerprint density at radius 3 is 2.44 bits per heavy atom. The highest BCUT2D eigenvalue weighted by Gasteiger charge is 2.26. The second-order valence-electron chi connectivity index (χ2n) is 9.31. The average molecular weight is 441 g/mol. The lowest BCUT2D eigenvalue weighted by Gasteiger charge is -2.36. The predicted octanol–water partition coefficient (Wildman–Crippen LogP) is 4.33. The van der Waals surface area contributed by atoms with Crippen LogP contribution in [0, 0.1) is 22.5 Å². The number of benzene rings is 2. The number of ether oxygens (including phenoxy) is 1. The molecule has 1 aliphatic heterocycles. The third kappa shape index (κ3) is 5.30. The van der Waals surface area contributed by atoms with Gasteiger partial charge in [0, 0.05) is 44.5 Å². The molecule has 0 bridgehead atoms. The van der Waals surface area contributed by atoms with Crippen molar-refractivity contribution in [1.82, 2.24) is 4.90 Å². The van der Waals surface area contributed by atoms with E-state index in [1.807, 2.05) is 30.0 Å².